The van der Waals surface area contributed by atoms with Crippen molar-refractivity contribution in [3.8, 4) is 5.75 Å². The van der Waals surface area contributed by atoms with Crippen molar-refractivity contribution >= 4 is 5.91 Å². The number of carbonyl (C=O) groups is 1. The Morgan fingerprint density at radius 3 is 2.82 bits per heavy atom. The molecule has 2 fully saturated rings. The average molecular weight is 379 g/mol. The number of carbonyl (C=O) groups excluding carboxylic acids is 1. The van der Waals surface area contributed by atoms with E-state index in [2.05, 4.69) is 0 Å². The van der Waals surface area contributed by atoms with Crippen LogP contribution < -0.4 is 4.74 Å². The molecular weight excluding hydrogens is 354 g/mol. The quantitative estimate of drug-likeness (QED) is 0.858. The maximum Gasteiger partial charge on any atom is 0.253 e. The molecule has 1 aliphatic carbocycles. The third-order valence-electron chi connectivity index (χ3n) is 6.84. The highest BCUT2D eigenvalue weighted by Gasteiger charge is 2.71. The Kier molecular flexibility index (Phi) is 4.18. The SMILES string of the molecule is O=C(c1ccc2c(c1)CCCO2)N1C[C@@H](O)[C@@]2(C1)[C@H](CO)[C@H]2c1ccccc1. The summed E-state index contributed by atoms with van der Waals surface area (Å²) in [5.41, 5.74) is 2.41. The first-order valence-corrected chi connectivity index (χ1v) is 10.0. The van der Waals surface area contributed by atoms with Crippen LogP contribution in [0.15, 0.2) is 48.5 Å². The van der Waals surface area contributed by atoms with Crippen LogP contribution in [0.4, 0.5) is 0 Å². The molecule has 0 radical (unpaired) electrons. The number of rotatable bonds is 3. The fourth-order valence-electron chi connectivity index (χ4n) is 5.40. The molecule has 4 atom stereocenters. The van der Waals surface area contributed by atoms with Crippen LogP contribution in [0.25, 0.3) is 0 Å². The molecule has 1 spiro atoms. The summed E-state index contributed by atoms with van der Waals surface area (Å²) in [6.45, 7) is 1.54. The number of benzene rings is 2. The van der Waals surface area contributed by atoms with E-state index in [1.54, 1.807) is 4.90 Å². The van der Waals surface area contributed by atoms with Gasteiger partial charge in [-0.2, -0.15) is 0 Å². The fraction of sp³-hybridized carbons (Fsp3) is 0.435. The zero-order chi connectivity index (χ0) is 19.3. The van der Waals surface area contributed by atoms with Crippen LogP contribution in [-0.4, -0.2) is 53.4 Å². The molecule has 2 aromatic carbocycles. The molecule has 28 heavy (non-hydrogen) atoms. The maximum absolute atomic E-state index is 13.1. The van der Waals surface area contributed by atoms with Gasteiger partial charge in [0.05, 0.1) is 12.7 Å². The van der Waals surface area contributed by atoms with Gasteiger partial charge in [-0.05, 0) is 54.0 Å². The topological polar surface area (TPSA) is 70.0 Å². The van der Waals surface area contributed by atoms with E-state index in [1.807, 2.05) is 48.5 Å². The van der Waals surface area contributed by atoms with E-state index in [4.69, 9.17) is 4.74 Å². The standard InChI is InChI=1S/C23H25NO4/c25-13-18-21(15-5-2-1-3-6-15)23(18)14-24(12-20(23)26)22(27)17-8-9-19-16(11-17)7-4-10-28-19/h1-3,5-6,8-9,11,18,20-21,25-26H,4,7,10,12-14H2/t18-,20-,21-,23-/m1/s1. The lowest BCUT2D eigenvalue weighted by Gasteiger charge is -2.20. The maximum atomic E-state index is 13.1. The molecule has 1 amide bonds. The van der Waals surface area contributed by atoms with Crippen molar-refractivity contribution in [1.82, 2.24) is 4.90 Å². The Labute approximate surface area is 164 Å². The summed E-state index contributed by atoms with van der Waals surface area (Å²) in [6.07, 6.45) is 1.26. The Morgan fingerprint density at radius 2 is 2.04 bits per heavy atom. The zero-order valence-corrected chi connectivity index (χ0v) is 15.8. The van der Waals surface area contributed by atoms with Gasteiger partial charge in [0.15, 0.2) is 0 Å². The summed E-state index contributed by atoms with van der Waals surface area (Å²) < 4.78 is 5.64. The molecule has 2 heterocycles. The number of nitrogens with zero attached hydrogens (tertiary/aromatic N) is 1. The first-order chi connectivity index (χ1) is 13.6. The Hall–Kier alpha value is -2.37. The van der Waals surface area contributed by atoms with Crippen molar-refractivity contribution in [3.63, 3.8) is 0 Å². The van der Waals surface area contributed by atoms with Crippen molar-refractivity contribution in [3.05, 3.63) is 65.2 Å². The number of aliphatic hydroxyl groups excluding tert-OH is 2. The number of aliphatic hydroxyl groups is 2. The normalized spacial score (nSPS) is 30.8. The molecule has 3 aliphatic rings. The van der Waals surface area contributed by atoms with Gasteiger partial charge < -0.3 is 19.8 Å². The van der Waals surface area contributed by atoms with Gasteiger partial charge in [-0.15, -0.1) is 0 Å². The minimum atomic E-state index is -0.625. The number of likely N-dealkylation sites (tertiary alicyclic amines) is 1. The largest absolute Gasteiger partial charge is 0.493 e. The van der Waals surface area contributed by atoms with Gasteiger partial charge in [-0.1, -0.05) is 30.3 Å². The predicted molar refractivity (Wildman–Crippen MR) is 104 cm³/mol. The van der Waals surface area contributed by atoms with Crippen molar-refractivity contribution in [1.29, 1.82) is 0 Å². The average Bonchev–Trinajstić information content (AvgIpc) is 3.28. The molecule has 1 saturated carbocycles. The first-order valence-electron chi connectivity index (χ1n) is 10.0. The lowest BCUT2D eigenvalue weighted by atomic mass is 9.95. The number of aryl methyl sites for hydroxylation is 1. The van der Waals surface area contributed by atoms with Crippen molar-refractivity contribution in [2.45, 2.75) is 24.9 Å². The molecule has 5 nitrogen and oxygen atoms in total. The van der Waals surface area contributed by atoms with Crippen LogP contribution in [0.2, 0.25) is 0 Å². The molecule has 2 aliphatic heterocycles. The first kappa shape index (κ1) is 17.7. The highest BCUT2D eigenvalue weighted by Crippen LogP contribution is 2.68. The minimum absolute atomic E-state index is 0.0142. The van der Waals surface area contributed by atoms with Crippen molar-refractivity contribution in [2.24, 2.45) is 11.3 Å². The van der Waals surface area contributed by atoms with E-state index in [0.717, 1.165) is 36.3 Å². The molecule has 5 heteroatoms. The van der Waals surface area contributed by atoms with E-state index < -0.39 is 11.5 Å². The van der Waals surface area contributed by atoms with E-state index in [1.165, 1.54) is 0 Å². The number of hydrogen-bond donors (Lipinski definition) is 2. The van der Waals surface area contributed by atoms with Crippen LogP contribution in [-0.2, 0) is 6.42 Å². The van der Waals surface area contributed by atoms with Gasteiger partial charge in [0.25, 0.3) is 5.91 Å². The lowest BCUT2D eigenvalue weighted by molar-refractivity contribution is 0.0764. The summed E-state index contributed by atoms with van der Waals surface area (Å²) in [5.74, 6) is 0.884. The molecule has 0 unspecified atom stereocenters. The van der Waals surface area contributed by atoms with Crippen LogP contribution in [0.3, 0.4) is 0 Å². The summed E-state index contributed by atoms with van der Waals surface area (Å²) in [6, 6.07) is 15.6. The second-order valence-electron chi connectivity index (χ2n) is 8.27. The van der Waals surface area contributed by atoms with Gasteiger partial charge in [0.1, 0.15) is 5.75 Å². The third-order valence-corrected chi connectivity index (χ3v) is 6.84. The highest BCUT2D eigenvalue weighted by molar-refractivity contribution is 5.95. The van der Waals surface area contributed by atoms with Gasteiger partial charge in [-0.25, -0.2) is 0 Å². The van der Waals surface area contributed by atoms with Crippen molar-refractivity contribution < 1.29 is 19.7 Å². The Morgan fingerprint density at radius 1 is 1.21 bits per heavy atom. The molecular formula is C23H25NO4. The molecule has 5 rings (SSSR count). The highest BCUT2D eigenvalue weighted by atomic mass is 16.5. The number of hydrogen-bond acceptors (Lipinski definition) is 4. The van der Waals surface area contributed by atoms with Gasteiger partial charge in [-0.3, -0.25) is 4.79 Å². The summed E-state index contributed by atoms with van der Waals surface area (Å²) in [5, 5.41) is 20.8. The van der Waals surface area contributed by atoms with Gasteiger partial charge >= 0.3 is 0 Å². The van der Waals surface area contributed by atoms with E-state index in [9.17, 15) is 15.0 Å². The van der Waals surface area contributed by atoms with E-state index >= 15 is 0 Å². The molecule has 2 N–H and O–H groups in total. The predicted octanol–water partition coefficient (Wildman–Crippen LogP) is 2.22. The van der Waals surface area contributed by atoms with Gasteiger partial charge in [0, 0.05) is 30.7 Å². The van der Waals surface area contributed by atoms with E-state index in [0.29, 0.717) is 18.7 Å². The number of fused-ring (bicyclic) bond motifs is 1. The number of β-amino-alcohol motifs (C(OH)–C–C–N with tert-alkyl or cyclic N) is 1. The van der Waals surface area contributed by atoms with Crippen LogP contribution in [0, 0.1) is 11.3 Å². The van der Waals surface area contributed by atoms with Crippen LogP contribution in [0.1, 0.15) is 33.8 Å². The summed E-state index contributed by atoms with van der Waals surface area (Å²) in [7, 11) is 0. The number of ether oxygens (including phenoxy) is 1. The fourth-order valence-corrected chi connectivity index (χ4v) is 5.40. The van der Waals surface area contributed by atoms with Crippen LogP contribution >= 0.6 is 0 Å². The second kappa shape index (κ2) is 6.61. The number of amides is 1. The monoisotopic (exact) mass is 379 g/mol. The van der Waals surface area contributed by atoms with Gasteiger partial charge in [0.2, 0.25) is 0 Å². The molecule has 2 aromatic rings. The third kappa shape index (κ3) is 2.57. The molecule has 0 bridgehead atoms. The molecule has 146 valence electrons. The van der Waals surface area contributed by atoms with Crippen molar-refractivity contribution in [2.75, 3.05) is 26.3 Å². The second-order valence-corrected chi connectivity index (χ2v) is 8.27. The van der Waals surface area contributed by atoms with E-state index in [-0.39, 0.29) is 24.3 Å². The molecule has 0 aromatic heterocycles. The van der Waals surface area contributed by atoms with Crippen LogP contribution in [0.5, 0.6) is 5.75 Å². The lowest BCUT2D eigenvalue weighted by Crippen LogP contribution is -2.30. The smallest absolute Gasteiger partial charge is 0.253 e. The Balaban J connectivity index is 1.39. The molecule has 1 saturated heterocycles. The minimum Gasteiger partial charge on any atom is -0.493 e. The Bertz CT molecular complexity index is 899. The summed E-state index contributed by atoms with van der Waals surface area (Å²) in [4.78, 5) is 14.9. The zero-order valence-electron chi connectivity index (χ0n) is 15.8. The summed E-state index contributed by atoms with van der Waals surface area (Å²) >= 11 is 0.